The van der Waals surface area contributed by atoms with Crippen LogP contribution in [0.15, 0.2) is 24.3 Å². The maximum atomic E-state index is 13.7. The molecule has 1 atom stereocenters. The number of rotatable bonds is 3. The fourth-order valence-corrected chi connectivity index (χ4v) is 1.72. The minimum Gasteiger partial charge on any atom is -0.378 e. The number of amides is 1. The fourth-order valence-electron chi connectivity index (χ4n) is 1.40. The summed E-state index contributed by atoms with van der Waals surface area (Å²) in [4.78, 5) is 11.1. The lowest BCUT2D eigenvalue weighted by Crippen LogP contribution is -2.53. The summed E-state index contributed by atoms with van der Waals surface area (Å²) in [6.45, 7) is 0.851. The van der Waals surface area contributed by atoms with Crippen molar-refractivity contribution in [1.29, 1.82) is 0 Å². The van der Waals surface area contributed by atoms with E-state index in [1.165, 1.54) is 18.2 Å². The van der Waals surface area contributed by atoms with Crippen molar-refractivity contribution in [2.75, 3.05) is 7.05 Å². The highest BCUT2D eigenvalue weighted by Gasteiger charge is 2.56. The van der Waals surface area contributed by atoms with Gasteiger partial charge in [-0.2, -0.15) is 8.78 Å². The van der Waals surface area contributed by atoms with Crippen LogP contribution in [0.4, 0.5) is 8.78 Å². The molecule has 0 spiro atoms. The summed E-state index contributed by atoms with van der Waals surface area (Å²) in [6.07, 6.45) is 0. The summed E-state index contributed by atoms with van der Waals surface area (Å²) < 4.78 is 27.5. The highest BCUT2D eigenvalue weighted by Crippen LogP contribution is 2.40. The van der Waals surface area contributed by atoms with Crippen LogP contribution >= 0.6 is 11.6 Å². The predicted molar refractivity (Wildman–Crippen MR) is 60.0 cm³/mol. The van der Waals surface area contributed by atoms with Crippen LogP contribution in [0, 0.1) is 0 Å². The molecule has 0 aliphatic heterocycles. The van der Waals surface area contributed by atoms with Crippen LogP contribution in [-0.4, -0.2) is 24.0 Å². The van der Waals surface area contributed by atoms with Gasteiger partial charge in [0, 0.05) is 17.6 Å². The zero-order valence-electron chi connectivity index (χ0n) is 9.30. The monoisotopic (exact) mass is 263 g/mol. The van der Waals surface area contributed by atoms with Crippen LogP contribution in [-0.2, 0) is 10.4 Å². The Hall–Kier alpha value is -1.20. The van der Waals surface area contributed by atoms with E-state index >= 15 is 0 Å². The number of halogens is 3. The summed E-state index contributed by atoms with van der Waals surface area (Å²) in [7, 11) is 1.07. The molecule has 0 bridgehead atoms. The first kappa shape index (κ1) is 13.9. The van der Waals surface area contributed by atoms with E-state index in [1.807, 2.05) is 5.32 Å². The van der Waals surface area contributed by atoms with E-state index in [2.05, 4.69) is 0 Å². The zero-order chi connectivity index (χ0) is 13.3. The molecule has 3 nitrogen and oxygen atoms in total. The SMILES string of the molecule is CNC(=O)C(F)(F)C(C)(O)c1ccccc1Cl. The van der Waals surface area contributed by atoms with Gasteiger partial charge in [-0.1, -0.05) is 29.8 Å². The highest BCUT2D eigenvalue weighted by molar-refractivity contribution is 6.31. The first-order chi connectivity index (χ1) is 7.75. The van der Waals surface area contributed by atoms with Gasteiger partial charge in [-0.05, 0) is 13.0 Å². The molecule has 0 fully saturated rings. The first-order valence-electron chi connectivity index (χ1n) is 4.82. The minimum absolute atomic E-state index is 0.0268. The Kier molecular flexibility index (Phi) is 3.74. The van der Waals surface area contributed by atoms with Crippen molar-refractivity contribution in [3.05, 3.63) is 34.9 Å². The Morgan fingerprint density at radius 1 is 1.41 bits per heavy atom. The molecule has 1 unspecified atom stereocenters. The van der Waals surface area contributed by atoms with Gasteiger partial charge in [0.15, 0.2) is 5.60 Å². The Bertz CT molecular complexity index is 435. The lowest BCUT2D eigenvalue weighted by Gasteiger charge is -2.32. The van der Waals surface area contributed by atoms with E-state index in [-0.39, 0.29) is 10.6 Å². The number of aliphatic hydroxyl groups is 1. The largest absolute Gasteiger partial charge is 0.378 e. The molecule has 0 aliphatic rings. The van der Waals surface area contributed by atoms with E-state index in [0.717, 1.165) is 14.0 Å². The van der Waals surface area contributed by atoms with Crippen LogP contribution < -0.4 is 5.32 Å². The van der Waals surface area contributed by atoms with Gasteiger partial charge in [-0.3, -0.25) is 4.79 Å². The Morgan fingerprint density at radius 2 is 1.94 bits per heavy atom. The van der Waals surface area contributed by atoms with Gasteiger partial charge in [0.25, 0.3) is 5.91 Å². The second-order valence-electron chi connectivity index (χ2n) is 3.71. The molecular weight excluding hydrogens is 252 g/mol. The molecule has 17 heavy (non-hydrogen) atoms. The van der Waals surface area contributed by atoms with Crippen molar-refractivity contribution in [3.8, 4) is 0 Å². The summed E-state index contributed by atoms with van der Waals surface area (Å²) >= 11 is 5.74. The standard InChI is InChI=1S/C11H12ClF2NO2/c1-10(17,11(13,14)9(16)15-2)7-5-3-4-6-8(7)12/h3-6,17H,1-2H3,(H,15,16). The maximum absolute atomic E-state index is 13.7. The topological polar surface area (TPSA) is 49.3 Å². The normalized spacial score (nSPS) is 15.2. The highest BCUT2D eigenvalue weighted by atomic mass is 35.5. The van der Waals surface area contributed by atoms with Crippen LogP contribution in [0.2, 0.25) is 5.02 Å². The van der Waals surface area contributed by atoms with Crippen molar-refractivity contribution in [2.45, 2.75) is 18.4 Å². The fraction of sp³-hybridized carbons (Fsp3) is 0.364. The molecule has 0 heterocycles. The van der Waals surface area contributed by atoms with Crippen molar-refractivity contribution >= 4 is 17.5 Å². The number of alkyl halides is 2. The third-order valence-electron chi connectivity index (χ3n) is 2.52. The van der Waals surface area contributed by atoms with Crippen LogP contribution in [0.3, 0.4) is 0 Å². The van der Waals surface area contributed by atoms with E-state index in [1.54, 1.807) is 6.07 Å². The van der Waals surface area contributed by atoms with Crippen molar-refractivity contribution in [3.63, 3.8) is 0 Å². The summed E-state index contributed by atoms with van der Waals surface area (Å²) in [5.74, 6) is -5.55. The molecular formula is C11H12ClF2NO2. The van der Waals surface area contributed by atoms with E-state index in [4.69, 9.17) is 11.6 Å². The number of nitrogens with one attached hydrogen (secondary N) is 1. The van der Waals surface area contributed by atoms with Crippen molar-refractivity contribution in [1.82, 2.24) is 5.32 Å². The second-order valence-corrected chi connectivity index (χ2v) is 4.11. The number of benzene rings is 1. The summed E-state index contributed by atoms with van der Waals surface area (Å²) in [6, 6.07) is 5.61. The van der Waals surface area contributed by atoms with E-state index in [0.29, 0.717) is 0 Å². The molecule has 94 valence electrons. The van der Waals surface area contributed by atoms with Gasteiger partial charge in [-0.25, -0.2) is 0 Å². The molecule has 6 heteroatoms. The Labute approximate surface area is 102 Å². The maximum Gasteiger partial charge on any atom is 0.356 e. The summed E-state index contributed by atoms with van der Waals surface area (Å²) in [5.41, 5.74) is -2.87. The van der Waals surface area contributed by atoms with Gasteiger partial charge in [-0.15, -0.1) is 0 Å². The van der Waals surface area contributed by atoms with Crippen LogP contribution in [0.1, 0.15) is 12.5 Å². The molecule has 0 aliphatic carbocycles. The average Bonchev–Trinajstić information content (AvgIpc) is 2.27. The third-order valence-corrected chi connectivity index (χ3v) is 2.85. The minimum atomic E-state index is -3.98. The molecule has 1 aromatic rings. The van der Waals surface area contributed by atoms with Gasteiger partial charge < -0.3 is 10.4 Å². The molecule has 2 N–H and O–H groups in total. The van der Waals surface area contributed by atoms with E-state index in [9.17, 15) is 18.7 Å². The Balaban J connectivity index is 3.28. The van der Waals surface area contributed by atoms with Crippen molar-refractivity contribution < 1.29 is 18.7 Å². The second kappa shape index (κ2) is 4.58. The van der Waals surface area contributed by atoms with Crippen LogP contribution in [0.25, 0.3) is 0 Å². The molecule has 1 aromatic carbocycles. The predicted octanol–water partition coefficient (Wildman–Crippen LogP) is 1.93. The molecule has 0 aromatic heterocycles. The first-order valence-corrected chi connectivity index (χ1v) is 5.20. The third kappa shape index (κ3) is 2.25. The van der Waals surface area contributed by atoms with E-state index < -0.39 is 17.4 Å². The van der Waals surface area contributed by atoms with Crippen molar-refractivity contribution in [2.24, 2.45) is 0 Å². The molecule has 1 amide bonds. The van der Waals surface area contributed by atoms with Gasteiger partial charge in [0.05, 0.1) is 0 Å². The molecule has 1 rings (SSSR count). The Morgan fingerprint density at radius 3 is 2.41 bits per heavy atom. The van der Waals surface area contributed by atoms with Gasteiger partial charge in [0.2, 0.25) is 0 Å². The smallest absolute Gasteiger partial charge is 0.356 e. The van der Waals surface area contributed by atoms with Gasteiger partial charge >= 0.3 is 5.92 Å². The van der Waals surface area contributed by atoms with Crippen LogP contribution in [0.5, 0.6) is 0 Å². The number of carbonyl (C=O) groups is 1. The molecule has 0 radical (unpaired) electrons. The average molecular weight is 264 g/mol. The molecule has 0 saturated heterocycles. The number of hydrogen-bond donors (Lipinski definition) is 2. The lowest BCUT2D eigenvalue weighted by atomic mass is 9.88. The lowest BCUT2D eigenvalue weighted by molar-refractivity contribution is -0.190. The quantitative estimate of drug-likeness (QED) is 0.875. The number of carbonyl (C=O) groups excluding carboxylic acids is 1. The number of hydrogen-bond acceptors (Lipinski definition) is 2. The molecule has 0 saturated carbocycles. The van der Waals surface area contributed by atoms with Gasteiger partial charge in [0.1, 0.15) is 0 Å². The summed E-state index contributed by atoms with van der Waals surface area (Å²) in [5, 5.41) is 11.7. The zero-order valence-corrected chi connectivity index (χ0v) is 10.1.